The number of para-hydroxylation sites is 1. The summed E-state index contributed by atoms with van der Waals surface area (Å²) in [7, 11) is 0. The number of hydrogen-bond donors (Lipinski definition) is 1. The summed E-state index contributed by atoms with van der Waals surface area (Å²) < 4.78 is 0. The number of fused-ring (bicyclic) bond motifs is 1. The Labute approximate surface area is 132 Å². The third-order valence-electron chi connectivity index (χ3n) is 3.96. The van der Waals surface area contributed by atoms with E-state index in [-0.39, 0.29) is 18.4 Å². The first kappa shape index (κ1) is 14.9. The van der Waals surface area contributed by atoms with E-state index in [2.05, 4.69) is 0 Å². The van der Waals surface area contributed by atoms with Crippen LogP contribution in [-0.4, -0.2) is 52.7 Å². The Hall–Kier alpha value is -2.02. The van der Waals surface area contributed by atoms with Gasteiger partial charge in [0, 0.05) is 11.4 Å². The van der Waals surface area contributed by atoms with Crippen molar-refractivity contribution in [3.05, 3.63) is 24.3 Å². The van der Waals surface area contributed by atoms with Crippen LogP contribution in [0.25, 0.3) is 0 Å². The lowest BCUT2D eigenvalue weighted by molar-refractivity contribution is -0.147. The minimum atomic E-state index is -0.980. The van der Waals surface area contributed by atoms with Crippen LogP contribution in [0.5, 0.6) is 0 Å². The van der Waals surface area contributed by atoms with Crippen LogP contribution < -0.4 is 4.90 Å². The molecule has 22 heavy (non-hydrogen) atoms. The zero-order valence-corrected chi connectivity index (χ0v) is 12.7. The molecule has 1 N–H and O–H groups in total. The summed E-state index contributed by atoms with van der Waals surface area (Å²) in [4.78, 5) is 39.6. The van der Waals surface area contributed by atoms with E-state index in [0.29, 0.717) is 25.1 Å². The highest BCUT2D eigenvalue weighted by Crippen LogP contribution is 2.35. The number of carboxylic acids is 1. The predicted octanol–water partition coefficient (Wildman–Crippen LogP) is 1.20. The molecule has 0 bridgehead atoms. The van der Waals surface area contributed by atoms with Gasteiger partial charge in [-0.3, -0.25) is 9.59 Å². The molecule has 3 rings (SSSR count). The van der Waals surface area contributed by atoms with Crippen LogP contribution in [0.4, 0.5) is 5.69 Å². The van der Waals surface area contributed by atoms with Gasteiger partial charge in [0.05, 0.1) is 11.4 Å². The number of aliphatic carboxylic acids is 1. The maximum atomic E-state index is 12.4. The second kappa shape index (κ2) is 6.00. The average molecular weight is 320 g/mol. The molecule has 2 aliphatic heterocycles. The topological polar surface area (TPSA) is 77.9 Å². The lowest BCUT2D eigenvalue weighted by Gasteiger charge is -2.30. The first-order chi connectivity index (χ1) is 10.6. The highest BCUT2D eigenvalue weighted by atomic mass is 32.2. The number of anilines is 1. The van der Waals surface area contributed by atoms with Gasteiger partial charge in [-0.15, -0.1) is 11.8 Å². The molecule has 0 aromatic heterocycles. The van der Waals surface area contributed by atoms with Crippen molar-refractivity contribution in [2.24, 2.45) is 0 Å². The highest BCUT2D eigenvalue weighted by molar-refractivity contribution is 8.00. The Morgan fingerprint density at radius 2 is 2.09 bits per heavy atom. The number of likely N-dealkylation sites (tertiary alicyclic amines) is 1. The van der Waals surface area contributed by atoms with E-state index < -0.39 is 12.0 Å². The molecule has 1 fully saturated rings. The zero-order valence-electron chi connectivity index (χ0n) is 11.9. The first-order valence-corrected chi connectivity index (χ1v) is 8.11. The van der Waals surface area contributed by atoms with Crippen LogP contribution in [0.15, 0.2) is 29.2 Å². The van der Waals surface area contributed by atoms with E-state index in [4.69, 9.17) is 0 Å². The summed E-state index contributed by atoms with van der Waals surface area (Å²) in [5, 5.41) is 9.17. The Morgan fingerprint density at radius 3 is 2.86 bits per heavy atom. The van der Waals surface area contributed by atoms with Crippen molar-refractivity contribution in [2.45, 2.75) is 23.8 Å². The summed E-state index contributed by atoms with van der Waals surface area (Å²) in [6.45, 7) is 0.342. The third kappa shape index (κ3) is 2.68. The van der Waals surface area contributed by atoms with Gasteiger partial charge in [-0.2, -0.15) is 0 Å². The van der Waals surface area contributed by atoms with Crippen LogP contribution in [0, 0.1) is 0 Å². The average Bonchev–Trinajstić information content (AvgIpc) is 3.00. The molecule has 2 heterocycles. The van der Waals surface area contributed by atoms with Gasteiger partial charge in [-0.25, -0.2) is 4.79 Å². The van der Waals surface area contributed by atoms with Gasteiger partial charge in [0.2, 0.25) is 11.8 Å². The summed E-state index contributed by atoms with van der Waals surface area (Å²) >= 11 is 1.46. The van der Waals surface area contributed by atoms with Crippen LogP contribution in [0.2, 0.25) is 0 Å². The first-order valence-electron chi connectivity index (χ1n) is 7.12. The van der Waals surface area contributed by atoms with E-state index in [1.165, 1.54) is 21.6 Å². The normalized spacial score (nSPS) is 20.9. The molecule has 1 unspecified atom stereocenters. The Morgan fingerprint density at radius 1 is 1.32 bits per heavy atom. The molecule has 2 aliphatic rings. The molecule has 0 spiro atoms. The molecule has 116 valence electrons. The smallest absolute Gasteiger partial charge is 0.326 e. The largest absolute Gasteiger partial charge is 0.480 e. The number of rotatable bonds is 3. The van der Waals surface area contributed by atoms with Crippen molar-refractivity contribution in [3.8, 4) is 0 Å². The van der Waals surface area contributed by atoms with E-state index in [0.717, 1.165) is 10.6 Å². The van der Waals surface area contributed by atoms with Crippen molar-refractivity contribution < 1.29 is 19.5 Å². The fourth-order valence-electron chi connectivity index (χ4n) is 2.88. The lowest BCUT2D eigenvalue weighted by Crippen LogP contribution is -2.48. The molecular formula is C15H16N2O4S. The second-order valence-electron chi connectivity index (χ2n) is 5.32. The van der Waals surface area contributed by atoms with E-state index in [1.807, 2.05) is 24.3 Å². The quantitative estimate of drug-likeness (QED) is 0.905. The molecule has 0 aliphatic carbocycles. The van der Waals surface area contributed by atoms with Crippen molar-refractivity contribution in [2.75, 3.05) is 23.7 Å². The van der Waals surface area contributed by atoms with Crippen LogP contribution in [0.1, 0.15) is 12.8 Å². The summed E-state index contributed by atoms with van der Waals surface area (Å²) in [5.74, 6) is -1.11. The monoisotopic (exact) mass is 320 g/mol. The number of hydrogen-bond acceptors (Lipinski definition) is 4. The van der Waals surface area contributed by atoms with Gasteiger partial charge in [0.1, 0.15) is 12.6 Å². The van der Waals surface area contributed by atoms with Gasteiger partial charge in [0.25, 0.3) is 0 Å². The SMILES string of the molecule is O=C(O)C1CCCN1C(=O)CN1C(=O)CSc2ccccc21. The second-order valence-corrected chi connectivity index (χ2v) is 6.34. The predicted molar refractivity (Wildman–Crippen MR) is 81.9 cm³/mol. The fraction of sp³-hybridized carbons (Fsp3) is 0.400. The number of thioether (sulfide) groups is 1. The maximum Gasteiger partial charge on any atom is 0.326 e. The standard InChI is InChI=1S/C15H16N2O4S/c18-13(16-7-3-5-11(16)15(20)21)8-17-10-4-1-2-6-12(10)22-9-14(17)19/h1-2,4,6,11H,3,5,7-9H2,(H,20,21). The van der Waals surface area contributed by atoms with Crippen molar-refractivity contribution in [1.82, 2.24) is 4.90 Å². The number of benzene rings is 1. The summed E-state index contributed by atoms with van der Waals surface area (Å²) in [6.07, 6.45) is 1.16. The number of carbonyl (C=O) groups excluding carboxylic acids is 2. The van der Waals surface area contributed by atoms with Crippen molar-refractivity contribution in [3.63, 3.8) is 0 Å². The van der Waals surface area contributed by atoms with E-state index >= 15 is 0 Å². The van der Waals surface area contributed by atoms with Gasteiger partial charge in [-0.05, 0) is 25.0 Å². The Balaban J connectivity index is 1.79. The van der Waals surface area contributed by atoms with Crippen LogP contribution >= 0.6 is 11.8 Å². The third-order valence-corrected chi connectivity index (χ3v) is 5.01. The lowest BCUT2D eigenvalue weighted by atomic mass is 10.2. The van der Waals surface area contributed by atoms with Crippen LogP contribution in [-0.2, 0) is 14.4 Å². The number of amides is 2. The summed E-state index contributed by atoms with van der Waals surface area (Å²) in [5.41, 5.74) is 0.725. The van der Waals surface area contributed by atoms with Gasteiger partial charge in [0.15, 0.2) is 0 Å². The molecule has 2 amide bonds. The maximum absolute atomic E-state index is 12.4. The molecule has 1 aromatic carbocycles. The fourth-order valence-corrected chi connectivity index (χ4v) is 3.81. The number of nitrogens with zero attached hydrogens (tertiary/aromatic N) is 2. The molecule has 0 saturated carbocycles. The van der Waals surface area contributed by atoms with E-state index in [1.54, 1.807) is 0 Å². The molecule has 1 atom stereocenters. The summed E-state index contributed by atoms with van der Waals surface area (Å²) in [6, 6.07) is 6.68. The molecule has 1 aromatic rings. The van der Waals surface area contributed by atoms with Gasteiger partial charge in [-0.1, -0.05) is 12.1 Å². The molecule has 6 nitrogen and oxygen atoms in total. The number of carboxylic acid groups (broad SMARTS) is 1. The molecule has 7 heteroatoms. The van der Waals surface area contributed by atoms with Gasteiger partial charge >= 0.3 is 5.97 Å². The van der Waals surface area contributed by atoms with E-state index in [9.17, 15) is 19.5 Å². The molecular weight excluding hydrogens is 304 g/mol. The molecule has 1 saturated heterocycles. The zero-order chi connectivity index (χ0) is 15.7. The van der Waals surface area contributed by atoms with Crippen molar-refractivity contribution >= 4 is 35.2 Å². The van der Waals surface area contributed by atoms with Crippen LogP contribution in [0.3, 0.4) is 0 Å². The minimum Gasteiger partial charge on any atom is -0.480 e. The Kier molecular flexibility index (Phi) is 4.06. The van der Waals surface area contributed by atoms with Crippen molar-refractivity contribution in [1.29, 1.82) is 0 Å². The molecule has 0 radical (unpaired) electrons. The highest BCUT2D eigenvalue weighted by Gasteiger charge is 2.36. The Bertz CT molecular complexity index is 634. The number of carbonyl (C=O) groups is 3. The van der Waals surface area contributed by atoms with Gasteiger partial charge < -0.3 is 14.9 Å². The minimum absolute atomic E-state index is 0.0970.